The van der Waals surface area contributed by atoms with E-state index in [2.05, 4.69) is 20.3 Å². The second-order valence-electron chi connectivity index (χ2n) is 6.67. The Balaban J connectivity index is 1.35. The van der Waals surface area contributed by atoms with Crippen LogP contribution in [0.4, 0.5) is 20.7 Å². The van der Waals surface area contributed by atoms with Gasteiger partial charge in [0.05, 0.1) is 18.1 Å². The Morgan fingerprint density at radius 3 is 2.65 bits per heavy atom. The molecule has 2 aromatic heterocycles. The van der Waals surface area contributed by atoms with Crippen LogP contribution in [0.1, 0.15) is 31.0 Å². The molecule has 1 aliphatic carbocycles. The fourth-order valence-electron chi connectivity index (χ4n) is 3.10. The third-order valence-electron chi connectivity index (χ3n) is 4.69. The number of urea groups is 1. The lowest BCUT2D eigenvalue weighted by atomic mass is 10.3. The fraction of sp³-hybridized carbons (Fsp3) is 0.444. The van der Waals surface area contributed by atoms with Gasteiger partial charge in [-0.3, -0.25) is 0 Å². The second kappa shape index (κ2) is 7.23. The van der Waals surface area contributed by atoms with Gasteiger partial charge in [-0.05, 0) is 31.4 Å². The zero-order chi connectivity index (χ0) is 17.9. The van der Waals surface area contributed by atoms with Gasteiger partial charge in [0.25, 0.3) is 0 Å². The highest BCUT2D eigenvalue weighted by atomic mass is 19.1. The molecule has 1 aliphatic heterocycles. The van der Waals surface area contributed by atoms with Gasteiger partial charge >= 0.3 is 6.03 Å². The standard InChI is InChI=1S/C18H21FN6O/c19-15-3-1-6-20-17(15)24-7-2-8-25(10-9-24)18(26)23-14-11-21-16(22-12-14)13-4-5-13/h1,3,6,11-13H,2,4-5,7-10H2,(H,23,26). The quantitative estimate of drug-likeness (QED) is 0.915. The molecule has 2 amide bonds. The van der Waals surface area contributed by atoms with Gasteiger partial charge in [-0.1, -0.05) is 0 Å². The van der Waals surface area contributed by atoms with Crippen LogP contribution in [-0.2, 0) is 0 Å². The summed E-state index contributed by atoms with van der Waals surface area (Å²) in [6.45, 7) is 2.32. The molecule has 26 heavy (non-hydrogen) atoms. The number of anilines is 2. The highest BCUT2D eigenvalue weighted by Crippen LogP contribution is 2.37. The summed E-state index contributed by atoms with van der Waals surface area (Å²) >= 11 is 0. The van der Waals surface area contributed by atoms with Crippen molar-refractivity contribution in [2.24, 2.45) is 0 Å². The first-order chi connectivity index (χ1) is 12.7. The lowest BCUT2D eigenvalue weighted by molar-refractivity contribution is 0.215. The maximum atomic E-state index is 13.9. The monoisotopic (exact) mass is 356 g/mol. The van der Waals surface area contributed by atoms with Crippen LogP contribution >= 0.6 is 0 Å². The lowest BCUT2D eigenvalue weighted by Crippen LogP contribution is -2.38. The van der Waals surface area contributed by atoms with E-state index in [4.69, 9.17) is 0 Å². The van der Waals surface area contributed by atoms with Crippen molar-refractivity contribution < 1.29 is 9.18 Å². The molecule has 136 valence electrons. The summed E-state index contributed by atoms with van der Waals surface area (Å²) in [6, 6.07) is 2.80. The summed E-state index contributed by atoms with van der Waals surface area (Å²) in [6.07, 6.45) is 7.94. The number of carbonyl (C=O) groups is 1. The van der Waals surface area contributed by atoms with E-state index in [9.17, 15) is 9.18 Å². The molecule has 4 rings (SSSR count). The molecule has 0 spiro atoms. The summed E-state index contributed by atoms with van der Waals surface area (Å²) in [4.78, 5) is 28.9. The number of hydrogen-bond donors (Lipinski definition) is 1. The minimum absolute atomic E-state index is 0.184. The molecule has 7 nitrogen and oxygen atoms in total. The topological polar surface area (TPSA) is 74.2 Å². The van der Waals surface area contributed by atoms with Gasteiger partial charge in [-0.2, -0.15) is 0 Å². The first kappa shape index (κ1) is 16.7. The maximum absolute atomic E-state index is 13.9. The molecule has 2 fully saturated rings. The van der Waals surface area contributed by atoms with Crippen LogP contribution in [0, 0.1) is 5.82 Å². The van der Waals surface area contributed by atoms with Crippen molar-refractivity contribution in [2.45, 2.75) is 25.2 Å². The predicted molar refractivity (Wildman–Crippen MR) is 95.6 cm³/mol. The van der Waals surface area contributed by atoms with Crippen molar-refractivity contribution in [2.75, 3.05) is 36.4 Å². The number of pyridine rings is 1. The molecule has 8 heteroatoms. The Bertz CT molecular complexity index is 780. The number of hydrogen-bond acceptors (Lipinski definition) is 5. The first-order valence-electron chi connectivity index (χ1n) is 8.94. The van der Waals surface area contributed by atoms with E-state index in [0.717, 1.165) is 25.1 Å². The van der Waals surface area contributed by atoms with Crippen LogP contribution < -0.4 is 10.2 Å². The molecule has 0 atom stereocenters. The van der Waals surface area contributed by atoms with Crippen LogP contribution in [0.25, 0.3) is 0 Å². The Morgan fingerprint density at radius 2 is 1.92 bits per heavy atom. The van der Waals surface area contributed by atoms with Crippen molar-refractivity contribution in [3.63, 3.8) is 0 Å². The second-order valence-corrected chi connectivity index (χ2v) is 6.67. The van der Waals surface area contributed by atoms with Gasteiger partial charge in [0.1, 0.15) is 5.82 Å². The number of carbonyl (C=O) groups excluding carboxylic acids is 1. The number of aromatic nitrogens is 3. The molecule has 3 heterocycles. The van der Waals surface area contributed by atoms with Crippen molar-refractivity contribution in [1.29, 1.82) is 0 Å². The first-order valence-corrected chi connectivity index (χ1v) is 8.94. The van der Waals surface area contributed by atoms with Gasteiger partial charge in [0.15, 0.2) is 11.6 Å². The Hall–Kier alpha value is -2.77. The van der Waals surface area contributed by atoms with Crippen molar-refractivity contribution in [3.8, 4) is 0 Å². The van der Waals surface area contributed by atoms with E-state index >= 15 is 0 Å². The molecule has 1 saturated carbocycles. The normalized spacial score (nSPS) is 17.7. The van der Waals surface area contributed by atoms with E-state index in [1.165, 1.54) is 6.07 Å². The highest BCUT2D eigenvalue weighted by molar-refractivity contribution is 5.89. The van der Waals surface area contributed by atoms with Crippen molar-refractivity contribution in [1.82, 2.24) is 19.9 Å². The lowest BCUT2D eigenvalue weighted by Gasteiger charge is -2.23. The van der Waals surface area contributed by atoms with Gasteiger partial charge in [0, 0.05) is 38.3 Å². The number of nitrogens with zero attached hydrogens (tertiary/aromatic N) is 5. The summed E-state index contributed by atoms with van der Waals surface area (Å²) in [5, 5.41) is 2.85. The Kier molecular flexibility index (Phi) is 4.64. The molecular weight excluding hydrogens is 335 g/mol. The molecule has 1 N–H and O–H groups in total. The van der Waals surface area contributed by atoms with E-state index < -0.39 is 0 Å². The van der Waals surface area contributed by atoms with Gasteiger partial charge in [0.2, 0.25) is 0 Å². The minimum atomic E-state index is -0.335. The van der Waals surface area contributed by atoms with E-state index in [-0.39, 0.29) is 11.8 Å². The molecule has 0 aromatic carbocycles. The fourth-order valence-corrected chi connectivity index (χ4v) is 3.10. The largest absolute Gasteiger partial charge is 0.352 e. The SMILES string of the molecule is O=C(Nc1cnc(C2CC2)nc1)N1CCCN(c2ncccc2F)CC1. The molecule has 1 saturated heterocycles. The average molecular weight is 356 g/mol. The number of halogens is 1. The van der Waals surface area contributed by atoms with Crippen LogP contribution in [0.2, 0.25) is 0 Å². The van der Waals surface area contributed by atoms with Gasteiger partial charge < -0.3 is 15.1 Å². The van der Waals surface area contributed by atoms with Gasteiger partial charge in [-0.25, -0.2) is 24.1 Å². The molecule has 2 aromatic rings. The predicted octanol–water partition coefficient (Wildman–Crippen LogP) is 2.63. The van der Waals surface area contributed by atoms with Crippen molar-refractivity contribution in [3.05, 3.63) is 42.4 Å². The molecule has 0 unspecified atom stereocenters. The Labute approximate surface area is 151 Å². The summed E-state index contributed by atoms with van der Waals surface area (Å²) < 4.78 is 13.9. The maximum Gasteiger partial charge on any atom is 0.321 e. The third kappa shape index (κ3) is 3.74. The number of nitrogens with one attached hydrogen (secondary N) is 1. The zero-order valence-electron chi connectivity index (χ0n) is 14.4. The van der Waals surface area contributed by atoms with E-state index in [1.807, 2.05) is 4.90 Å². The number of amides is 2. The third-order valence-corrected chi connectivity index (χ3v) is 4.69. The van der Waals surface area contributed by atoms with Crippen LogP contribution in [0.15, 0.2) is 30.7 Å². The van der Waals surface area contributed by atoms with Crippen molar-refractivity contribution >= 4 is 17.5 Å². The van der Waals surface area contributed by atoms with E-state index in [1.54, 1.807) is 29.6 Å². The number of rotatable bonds is 3. The summed E-state index contributed by atoms with van der Waals surface area (Å²) in [5.41, 5.74) is 0.594. The average Bonchev–Trinajstić information content (AvgIpc) is 3.50. The van der Waals surface area contributed by atoms with Crippen LogP contribution in [-0.4, -0.2) is 52.1 Å². The molecule has 0 bridgehead atoms. The smallest absolute Gasteiger partial charge is 0.321 e. The highest BCUT2D eigenvalue weighted by Gasteiger charge is 2.26. The minimum Gasteiger partial charge on any atom is -0.352 e. The Morgan fingerprint density at radius 1 is 1.12 bits per heavy atom. The summed E-state index contributed by atoms with van der Waals surface area (Å²) in [7, 11) is 0. The molecule has 2 aliphatic rings. The zero-order valence-corrected chi connectivity index (χ0v) is 14.4. The summed E-state index contributed by atoms with van der Waals surface area (Å²) in [5.74, 6) is 1.35. The van der Waals surface area contributed by atoms with E-state index in [0.29, 0.717) is 43.6 Å². The van der Waals surface area contributed by atoms with Crippen LogP contribution in [0.5, 0.6) is 0 Å². The van der Waals surface area contributed by atoms with Crippen LogP contribution in [0.3, 0.4) is 0 Å². The molecule has 0 radical (unpaired) electrons. The van der Waals surface area contributed by atoms with Gasteiger partial charge in [-0.15, -0.1) is 0 Å². The molecular formula is C18H21FN6O.